The third kappa shape index (κ3) is 3.49. The fourth-order valence-corrected chi connectivity index (χ4v) is 4.23. The lowest BCUT2D eigenvalue weighted by Gasteiger charge is -2.36. The third-order valence-electron chi connectivity index (χ3n) is 4.52. The molecule has 1 fully saturated rings. The van der Waals surface area contributed by atoms with Crippen LogP contribution in [0.15, 0.2) is 11.4 Å². The lowest BCUT2D eigenvalue weighted by Crippen LogP contribution is -2.40. The van der Waals surface area contributed by atoms with E-state index in [1.807, 2.05) is 11.3 Å². The molecule has 0 bridgehead atoms. The fraction of sp³-hybridized carbons (Fsp3) is 0.706. The van der Waals surface area contributed by atoms with E-state index >= 15 is 0 Å². The molecule has 0 spiro atoms. The number of carbonyl (C=O) groups excluding carboxylic acids is 1. The number of amides is 1. The molecular weight excluding hydrogens is 280 g/mol. The minimum Gasteiger partial charge on any atom is -0.335 e. The van der Waals surface area contributed by atoms with Crippen LogP contribution in [0, 0.1) is 5.92 Å². The highest BCUT2D eigenvalue weighted by Crippen LogP contribution is 2.48. The topological polar surface area (TPSA) is 32.3 Å². The van der Waals surface area contributed by atoms with E-state index in [-0.39, 0.29) is 0 Å². The van der Waals surface area contributed by atoms with Gasteiger partial charge in [-0.25, -0.2) is 0 Å². The predicted octanol–water partition coefficient (Wildman–Crippen LogP) is 3.36. The summed E-state index contributed by atoms with van der Waals surface area (Å²) in [5.74, 6) is 1.07. The van der Waals surface area contributed by atoms with Crippen molar-refractivity contribution >= 4 is 17.2 Å². The van der Waals surface area contributed by atoms with Crippen LogP contribution in [0.5, 0.6) is 0 Å². The van der Waals surface area contributed by atoms with Crippen LogP contribution in [0.2, 0.25) is 0 Å². The molecule has 1 unspecified atom stereocenters. The molecule has 2 aliphatic rings. The Labute approximate surface area is 131 Å². The van der Waals surface area contributed by atoms with Crippen molar-refractivity contribution in [3.8, 4) is 0 Å². The van der Waals surface area contributed by atoms with Crippen LogP contribution >= 0.6 is 11.3 Å². The van der Waals surface area contributed by atoms with Crippen molar-refractivity contribution in [2.75, 3.05) is 13.1 Å². The zero-order chi connectivity index (χ0) is 14.8. The van der Waals surface area contributed by atoms with Gasteiger partial charge in [-0.05, 0) is 55.2 Å². The van der Waals surface area contributed by atoms with Crippen molar-refractivity contribution in [1.82, 2.24) is 10.2 Å². The summed E-state index contributed by atoms with van der Waals surface area (Å²) in [6, 6.07) is 3.14. The fourth-order valence-electron chi connectivity index (χ4n) is 3.32. The largest absolute Gasteiger partial charge is 0.335 e. The first-order valence-corrected chi connectivity index (χ1v) is 9.14. The zero-order valence-electron chi connectivity index (χ0n) is 13.1. The van der Waals surface area contributed by atoms with Gasteiger partial charge in [0.15, 0.2) is 0 Å². The second kappa shape index (κ2) is 6.49. The van der Waals surface area contributed by atoms with Crippen LogP contribution in [0.1, 0.15) is 56.0 Å². The standard InChI is InChI=1S/C17H26N2OS/c1-12(2)18-9-3-4-16(20)19-10-7-15-14(8-11-21-15)17(19)13-5-6-13/h8,11-13,17-18H,3-7,9-10H2,1-2H3. The molecule has 21 heavy (non-hydrogen) atoms. The number of rotatable bonds is 6. The first-order chi connectivity index (χ1) is 10.2. The van der Waals surface area contributed by atoms with Crippen LogP contribution in [0.3, 0.4) is 0 Å². The van der Waals surface area contributed by atoms with Crippen LogP contribution in [0.4, 0.5) is 0 Å². The molecule has 1 aliphatic heterocycles. The highest BCUT2D eigenvalue weighted by Gasteiger charge is 2.41. The van der Waals surface area contributed by atoms with Crippen molar-refractivity contribution in [1.29, 1.82) is 0 Å². The lowest BCUT2D eigenvalue weighted by atomic mass is 9.95. The van der Waals surface area contributed by atoms with Crippen molar-refractivity contribution in [3.63, 3.8) is 0 Å². The average molecular weight is 306 g/mol. The Morgan fingerprint density at radius 2 is 2.29 bits per heavy atom. The van der Waals surface area contributed by atoms with Crippen LogP contribution in [0.25, 0.3) is 0 Å². The second-order valence-corrected chi connectivity index (χ2v) is 7.63. The van der Waals surface area contributed by atoms with Gasteiger partial charge < -0.3 is 10.2 Å². The Bertz CT molecular complexity index is 493. The monoisotopic (exact) mass is 306 g/mol. The number of hydrogen-bond donors (Lipinski definition) is 1. The minimum atomic E-state index is 0.356. The quantitative estimate of drug-likeness (QED) is 0.817. The van der Waals surface area contributed by atoms with Crippen LogP contribution in [-0.2, 0) is 11.2 Å². The molecule has 1 aromatic heterocycles. The molecular formula is C17H26N2OS. The van der Waals surface area contributed by atoms with E-state index in [1.54, 1.807) is 0 Å². The Balaban J connectivity index is 1.60. The van der Waals surface area contributed by atoms with Crippen LogP contribution in [-0.4, -0.2) is 29.9 Å². The van der Waals surface area contributed by atoms with E-state index in [4.69, 9.17) is 0 Å². The second-order valence-electron chi connectivity index (χ2n) is 6.63. The summed E-state index contributed by atoms with van der Waals surface area (Å²) in [4.78, 5) is 16.3. The normalized spacial score (nSPS) is 21.7. The van der Waals surface area contributed by atoms with E-state index in [0.29, 0.717) is 24.4 Å². The van der Waals surface area contributed by atoms with Crippen molar-refractivity contribution in [2.24, 2.45) is 5.92 Å². The Hall–Kier alpha value is -0.870. The maximum Gasteiger partial charge on any atom is 0.223 e. The summed E-state index contributed by atoms with van der Waals surface area (Å²) in [6.07, 6.45) is 5.26. The van der Waals surface area contributed by atoms with Gasteiger partial charge in [-0.1, -0.05) is 13.8 Å². The van der Waals surface area contributed by atoms with E-state index in [1.165, 1.54) is 23.3 Å². The molecule has 116 valence electrons. The van der Waals surface area contributed by atoms with E-state index in [9.17, 15) is 4.79 Å². The number of fused-ring (bicyclic) bond motifs is 1. The molecule has 4 heteroatoms. The predicted molar refractivity (Wildman–Crippen MR) is 87.6 cm³/mol. The molecule has 3 nitrogen and oxygen atoms in total. The van der Waals surface area contributed by atoms with Gasteiger partial charge in [0.05, 0.1) is 6.04 Å². The molecule has 1 amide bonds. The van der Waals surface area contributed by atoms with Crippen molar-refractivity contribution in [2.45, 2.75) is 58.0 Å². The van der Waals surface area contributed by atoms with Gasteiger partial charge in [-0.2, -0.15) is 0 Å². The molecule has 3 rings (SSSR count). The molecule has 1 atom stereocenters. The molecule has 1 N–H and O–H groups in total. The number of nitrogens with one attached hydrogen (secondary N) is 1. The summed E-state index contributed by atoms with van der Waals surface area (Å²) in [6.45, 7) is 6.15. The van der Waals surface area contributed by atoms with Gasteiger partial charge >= 0.3 is 0 Å². The maximum atomic E-state index is 12.6. The maximum absolute atomic E-state index is 12.6. The van der Waals surface area contributed by atoms with Gasteiger partial charge in [0.2, 0.25) is 5.91 Å². The van der Waals surface area contributed by atoms with Gasteiger partial charge in [0.25, 0.3) is 0 Å². The Morgan fingerprint density at radius 1 is 1.48 bits per heavy atom. The number of thiophene rings is 1. The molecule has 0 radical (unpaired) electrons. The smallest absolute Gasteiger partial charge is 0.223 e. The summed E-state index contributed by atoms with van der Waals surface area (Å²) in [5.41, 5.74) is 1.45. The lowest BCUT2D eigenvalue weighted by molar-refractivity contribution is -0.134. The SMILES string of the molecule is CC(C)NCCCC(=O)N1CCc2sccc2C1C1CC1. The first kappa shape index (κ1) is 15.0. The molecule has 1 saturated carbocycles. The number of hydrogen-bond acceptors (Lipinski definition) is 3. The molecule has 0 aromatic carbocycles. The van der Waals surface area contributed by atoms with Gasteiger partial charge in [-0.15, -0.1) is 11.3 Å². The van der Waals surface area contributed by atoms with E-state index in [0.717, 1.165) is 31.8 Å². The van der Waals surface area contributed by atoms with Gasteiger partial charge in [0, 0.05) is 23.9 Å². The number of nitrogens with zero attached hydrogens (tertiary/aromatic N) is 1. The average Bonchev–Trinajstić information content (AvgIpc) is 3.18. The van der Waals surface area contributed by atoms with Gasteiger partial charge in [-0.3, -0.25) is 4.79 Å². The van der Waals surface area contributed by atoms with Gasteiger partial charge in [0.1, 0.15) is 0 Å². The molecule has 2 heterocycles. The zero-order valence-corrected chi connectivity index (χ0v) is 13.9. The number of carbonyl (C=O) groups is 1. The minimum absolute atomic E-state index is 0.356. The molecule has 1 aromatic rings. The highest BCUT2D eigenvalue weighted by atomic mass is 32.1. The molecule has 1 aliphatic carbocycles. The Morgan fingerprint density at radius 3 is 3.00 bits per heavy atom. The summed E-state index contributed by atoms with van der Waals surface area (Å²) in [5, 5.41) is 5.59. The van der Waals surface area contributed by atoms with Crippen LogP contribution < -0.4 is 5.32 Å². The summed E-state index contributed by atoms with van der Waals surface area (Å²) >= 11 is 1.86. The third-order valence-corrected chi connectivity index (χ3v) is 5.52. The van der Waals surface area contributed by atoms with E-state index in [2.05, 4.69) is 35.5 Å². The molecule has 0 saturated heterocycles. The Kier molecular flexibility index (Phi) is 4.65. The van der Waals surface area contributed by atoms with E-state index < -0.39 is 0 Å². The van der Waals surface area contributed by atoms with Crippen molar-refractivity contribution in [3.05, 3.63) is 21.9 Å². The highest BCUT2D eigenvalue weighted by molar-refractivity contribution is 7.10. The summed E-state index contributed by atoms with van der Waals surface area (Å²) < 4.78 is 0. The summed E-state index contributed by atoms with van der Waals surface area (Å²) in [7, 11) is 0. The first-order valence-electron chi connectivity index (χ1n) is 8.26. The van der Waals surface area contributed by atoms with Crippen molar-refractivity contribution < 1.29 is 4.79 Å².